The first kappa shape index (κ1) is 16.6. The van der Waals surface area contributed by atoms with Crippen LogP contribution in [0.2, 0.25) is 0 Å². The molecule has 1 aromatic carbocycles. The van der Waals surface area contributed by atoms with Crippen molar-refractivity contribution in [1.29, 1.82) is 0 Å². The van der Waals surface area contributed by atoms with Gasteiger partial charge in [-0.3, -0.25) is 9.79 Å². The van der Waals surface area contributed by atoms with E-state index in [2.05, 4.69) is 27.7 Å². The van der Waals surface area contributed by atoms with Crippen molar-refractivity contribution in [2.24, 2.45) is 21.7 Å². The Balaban J connectivity index is 2.03. The summed E-state index contributed by atoms with van der Waals surface area (Å²) in [7, 11) is 1.57. The largest absolute Gasteiger partial charge is 0.504 e. The number of hydrogen-bond donors (Lipinski definition) is 1. The topological polar surface area (TPSA) is 58.9 Å². The van der Waals surface area contributed by atoms with Gasteiger partial charge in [-0.1, -0.05) is 33.8 Å². The summed E-state index contributed by atoms with van der Waals surface area (Å²) in [5.41, 5.74) is 1.04. The number of benzene rings is 1. The van der Waals surface area contributed by atoms with Crippen molar-refractivity contribution in [2.75, 3.05) is 7.11 Å². The summed E-state index contributed by atoms with van der Waals surface area (Å²) in [4.78, 5) is 18.0. The van der Waals surface area contributed by atoms with Gasteiger partial charge in [-0.2, -0.15) is 0 Å². The molecule has 0 saturated heterocycles. The summed E-state index contributed by atoms with van der Waals surface area (Å²) in [5.74, 6) is 1.20. The van der Waals surface area contributed by atoms with Gasteiger partial charge >= 0.3 is 0 Å². The predicted molar refractivity (Wildman–Crippen MR) is 97.6 cm³/mol. The molecule has 4 heteroatoms. The summed E-state index contributed by atoms with van der Waals surface area (Å²) >= 11 is 0. The van der Waals surface area contributed by atoms with Crippen LogP contribution in [-0.2, 0) is 16.6 Å². The number of ether oxygens (including phenoxy) is 1. The van der Waals surface area contributed by atoms with Gasteiger partial charge in [0.25, 0.3) is 0 Å². The molecule has 3 atom stereocenters. The number of hydrogen-bond acceptors (Lipinski definition) is 4. The molecule has 25 heavy (non-hydrogen) atoms. The second-order valence-corrected chi connectivity index (χ2v) is 9.04. The van der Waals surface area contributed by atoms with Gasteiger partial charge in [0, 0.05) is 22.8 Å². The number of aliphatic imine (C=N–C) groups is 1. The highest BCUT2D eigenvalue weighted by molar-refractivity contribution is 5.89. The minimum absolute atomic E-state index is 0.163. The van der Waals surface area contributed by atoms with Crippen LogP contribution in [0.3, 0.4) is 0 Å². The van der Waals surface area contributed by atoms with Crippen molar-refractivity contribution in [3.05, 3.63) is 23.3 Å². The smallest absolute Gasteiger partial charge is 0.161 e. The first-order valence-electron chi connectivity index (χ1n) is 9.11. The Hall–Kier alpha value is -1.84. The van der Waals surface area contributed by atoms with Gasteiger partial charge in [0.15, 0.2) is 11.5 Å². The lowest BCUT2D eigenvalue weighted by atomic mass is 9.40. The Labute approximate surface area is 149 Å². The molecule has 3 aliphatic rings. The predicted octanol–water partition coefficient (Wildman–Crippen LogP) is 3.68. The maximum Gasteiger partial charge on any atom is 0.161 e. The normalized spacial score (nSPS) is 34.2. The average Bonchev–Trinajstić information content (AvgIpc) is 2.52. The van der Waals surface area contributed by atoms with Gasteiger partial charge in [-0.15, -0.1) is 0 Å². The van der Waals surface area contributed by atoms with E-state index in [1.165, 1.54) is 0 Å². The molecule has 0 spiro atoms. The first-order chi connectivity index (χ1) is 11.7. The van der Waals surface area contributed by atoms with Crippen molar-refractivity contribution >= 4 is 12.0 Å². The molecular weight excluding hydrogens is 314 g/mol. The molecular formula is C21H27NO3. The number of rotatable bonds is 1. The quantitative estimate of drug-likeness (QED) is 0.848. The number of aromatic hydroxyl groups is 1. The monoisotopic (exact) mass is 341 g/mol. The van der Waals surface area contributed by atoms with Gasteiger partial charge in [-0.25, -0.2) is 0 Å². The molecule has 3 unspecified atom stereocenters. The van der Waals surface area contributed by atoms with Crippen LogP contribution in [0.4, 0.5) is 0 Å². The molecule has 0 radical (unpaired) electrons. The Kier molecular flexibility index (Phi) is 3.23. The summed E-state index contributed by atoms with van der Waals surface area (Å²) in [5, 5.41) is 11.0. The van der Waals surface area contributed by atoms with Crippen LogP contribution in [-0.4, -0.2) is 30.3 Å². The van der Waals surface area contributed by atoms with E-state index in [1.807, 2.05) is 18.3 Å². The lowest BCUT2D eigenvalue weighted by molar-refractivity contribution is -0.152. The minimum Gasteiger partial charge on any atom is -0.504 e. The van der Waals surface area contributed by atoms with Gasteiger partial charge in [-0.05, 0) is 42.0 Å². The Morgan fingerprint density at radius 2 is 1.96 bits per heavy atom. The highest BCUT2D eigenvalue weighted by Crippen LogP contribution is 2.66. The number of phenolic OH excluding ortho intramolecular Hbond substituents is 1. The van der Waals surface area contributed by atoms with Crippen LogP contribution in [0.5, 0.6) is 11.5 Å². The molecule has 1 heterocycles. The van der Waals surface area contributed by atoms with Gasteiger partial charge in [0.1, 0.15) is 5.78 Å². The number of nitrogens with zero attached hydrogens (tertiary/aromatic N) is 1. The molecule has 4 nitrogen and oxygen atoms in total. The van der Waals surface area contributed by atoms with Crippen LogP contribution in [0.25, 0.3) is 0 Å². The molecule has 1 aliphatic heterocycles. The number of methoxy groups -OCH3 is 1. The van der Waals surface area contributed by atoms with Crippen molar-refractivity contribution < 1.29 is 14.6 Å². The molecule has 2 aliphatic carbocycles. The third kappa shape index (κ3) is 1.83. The molecule has 2 bridgehead atoms. The van der Waals surface area contributed by atoms with Crippen LogP contribution >= 0.6 is 0 Å². The van der Waals surface area contributed by atoms with Crippen molar-refractivity contribution in [2.45, 2.75) is 58.4 Å². The van der Waals surface area contributed by atoms with Crippen LogP contribution < -0.4 is 4.74 Å². The minimum atomic E-state index is -0.404. The second-order valence-electron chi connectivity index (χ2n) is 9.04. The third-order valence-corrected chi connectivity index (χ3v) is 7.67. The lowest BCUT2D eigenvalue weighted by Crippen LogP contribution is -2.65. The van der Waals surface area contributed by atoms with E-state index in [0.717, 1.165) is 17.5 Å². The number of carbonyl (C=O) groups excluding carboxylic acids is 1. The third-order valence-electron chi connectivity index (χ3n) is 7.67. The fraction of sp³-hybridized carbons (Fsp3) is 0.619. The zero-order valence-corrected chi connectivity index (χ0v) is 15.7. The summed E-state index contributed by atoms with van der Waals surface area (Å²) in [6, 6.07) is 4.03. The van der Waals surface area contributed by atoms with E-state index in [9.17, 15) is 9.90 Å². The Morgan fingerprint density at radius 3 is 2.64 bits per heavy atom. The molecule has 1 fully saturated rings. The SMILES string of the molecule is COc1ccc2c(c1O)C13CC=NC(C2)C1C(C)(C)C(C)(C)C(=O)C3. The number of Topliss-reactive ketones (excluding diaryl/α,β-unsaturated/α-hetero) is 1. The van der Waals surface area contributed by atoms with E-state index in [-0.39, 0.29) is 34.3 Å². The molecule has 0 amide bonds. The Bertz CT molecular complexity index is 793. The highest BCUT2D eigenvalue weighted by atomic mass is 16.5. The van der Waals surface area contributed by atoms with E-state index in [0.29, 0.717) is 18.6 Å². The molecule has 134 valence electrons. The summed E-state index contributed by atoms with van der Waals surface area (Å²) < 4.78 is 5.38. The van der Waals surface area contributed by atoms with Crippen LogP contribution in [0, 0.1) is 16.7 Å². The zero-order chi connectivity index (χ0) is 18.2. The number of ketones is 1. The highest BCUT2D eigenvalue weighted by Gasteiger charge is 2.66. The van der Waals surface area contributed by atoms with Crippen molar-refractivity contribution in [3.63, 3.8) is 0 Å². The van der Waals surface area contributed by atoms with Crippen LogP contribution in [0.15, 0.2) is 17.1 Å². The van der Waals surface area contributed by atoms with E-state index in [1.54, 1.807) is 7.11 Å². The molecule has 0 aromatic heterocycles. The lowest BCUT2D eigenvalue weighted by Gasteiger charge is -2.63. The maximum absolute atomic E-state index is 13.2. The summed E-state index contributed by atoms with van der Waals surface area (Å²) in [6.45, 7) is 8.56. The molecule has 1 aromatic rings. The van der Waals surface area contributed by atoms with E-state index < -0.39 is 5.41 Å². The standard InChI is InChI=1S/C21H27NO3/c1-19(2)15(23)11-21-8-9-22-13(18(21)20(19,3)4)10-12-6-7-14(25-5)17(24)16(12)21/h6-7,9,13,18,24H,8,10-11H2,1-5H3. The van der Waals surface area contributed by atoms with Gasteiger partial charge in [0.05, 0.1) is 13.2 Å². The maximum atomic E-state index is 13.2. The van der Waals surface area contributed by atoms with E-state index in [4.69, 9.17) is 9.73 Å². The van der Waals surface area contributed by atoms with Gasteiger partial charge in [0.2, 0.25) is 0 Å². The molecule has 4 rings (SSSR count). The number of fused-ring (bicyclic) bond motifs is 1. The molecule has 1 N–H and O–H groups in total. The van der Waals surface area contributed by atoms with Crippen molar-refractivity contribution in [3.8, 4) is 11.5 Å². The molecule has 1 saturated carbocycles. The zero-order valence-electron chi connectivity index (χ0n) is 15.7. The van der Waals surface area contributed by atoms with Crippen LogP contribution in [0.1, 0.15) is 51.7 Å². The number of phenols is 1. The van der Waals surface area contributed by atoms with Gasteiger partial charge < -0.3 is 9.84 Å². The summed E-state index contributed by atoms with van der Waals surface area (Å²) in [6.07, 6.45) is 3.95. The number of carbonyl (C=O) groups is 1. The van der Waals surface area contributed by atoms with Crippen molar-refractivity contribution in [1.82, 2.24) is 0 Å². The second kappa shape index (κ2) is 4.87. The fourth-order valence-electron chi connectivity index (χ4n) is 5.79. The fourth-order valence-corrected chi connectivity index (χ4v) is 5.79. The first-order valence-corrected chi connectivity index (χ1v) is 9.11. The average molecular weight is 341 g/mol. The van der Waals surface area contributed by atoms with E-state index >= 15 is 0 Å². The Morgan fingerprint density at radius 1 is 1.24 bits per heavy atom.